The van der Waals surface area contributed by atoms with Crippen molar-refractivity contribution in [1.82, 2.24) is 9.97 Å². The zero-order valence-electron chi connectivity index (χ0n) is 16.7. The molecule has 0 saturated heterocycles. The first-order chi connectivity index (χ1) is 13.8. The Bertz CT molecular complexity index is 755. The molecule has 0 bridgehead atoms. The van der Waals surface area contributed by atoms with Crippen molar-refractivity contribution in [1.29, 1.82) is 0 Å². The molecule has 3 rings (SSSR count). The van der Waals surface area contributed by atoms with Crippen LogP contribution in [0.1, 0.15) is 39.5 Å². The standard InChI is InChI=1S/C24H28N2O2/c1-3-5-15-27-22-11-7-19(8-12-22)21-17-25-24(26-18-21)20-9-13-23(14-10-20)28-16-6-4-2/h7-14,17-18H,3-6,15-16H2,1-2H3. The molecule has 1 aromatic heterocycles. The van der Waals surface area contributed by atoms with Crippen LogP contribution in [0.2, 0.25) is 0 Å². The molecule has 0 N–H and O–H groups in total. The predicted octanol–water partition coefficient (Wildman–Crippen LogP) is 6.17. The molecular weight excluding hydrogens is 348 g/mol. The highest BCUT2D eigenvalue weighted by Crippen LogP contribution is 2.24. The minimum absolute atomic E-state index is 0.711. The first-order valence-corrected chi connectivity index (χ1v) is 10.1. The lowest BCUT2D eigenvalue weighted by molar-refractivity contribution is 0.309. The molecule has 0 aliphatic heterocycles. The van der Waals surface area contributed by atoms with E-state index < -0.39 is 0 Å². The number of aromatic nitrogens is 2. The van der Waals surface area contributed by atoms with Gasteiger partial charge in [0.05, 0.1) is 13.2 Å². The van der Waals surface area contributed by atoms with Crippen molar-refractivity contribution in [3.05, 3.63) is 60.9 Å². The minimum atomic E-state index is 0.711. The molecule has 4 heteroatoms. The topological polar surface area (TPSA) is 44.2 Å². The van der Waals surface area contributed by atoms with E-state index in [-0.39, 0.29) is 0 Å². The fraction of sp³-hybridized carbons (Fsp3) is 0.333. The Morgan fingerprint density at radius 3 is 1.54 bits per heavy atom. The second-order valence-corrected chi connectivity index (χ2v) is 6.75. The van der Waals surface area contributed by atoms with Gasteiger partial charge < -0.3 is 9.47 Å². The molecule has 0 saturated carbocycles. The third-order valence-electron chi connectivity index (χ3n) is 4.49. The lowest BCUT2D eigenvalue weighted by Crippen LogP contribution is -1.96. The number of hydrogen-bond acceptors (Lipinski definition) is 4. The van der Waals surface area contributed by atoms with Gasteiger partial charge in [-0.05, 0) is 54.8 Å². The number of hydrogen-bond donors (Lipinski definition) is 0. The van der Waals surface area contributed by atoms with Gasteiger partial charge in [-0.2, -0.15) is 0 Å². The van der Waals surface area contributed by atoms with Crippen molar-refractivity contribution in [3.63, 3.8) is 0 Å². The third-order valence-corrected chi connectivity index (χ3v) is 4.49. The van der Waals surface area contributed by atoms with Crippen LogP contribution in [-0.2, 0) is 0 Å². The van der Waals surface area contributed by atoms with E-state index >= 15 is 0 Å². The highest BCUT2D eigenvalue weighted by atomic mass is 16.5. The third kappa shape index (κ3) is 5.56. The van der Waals surface area contributed by atoms with E-state index in [9.17, 15) is 0 Å². The number of nitrogens with zero attached hydrogens (tertiary/aromatic N) is 2. The number of ether oxygens (including phenoxy) is 2. The molecule has 2 aromatic carbocycles. The maximum atomic E-state index is 5.71. The largest absolute Gasteiger partial charge is 0.494 e. The van der Waals surface area contributed by atoms with E-state index in [1.807, 2.05) is 60.9 Å². The summed E-state index contributed by atoms with van der Waals surface area (Å²) in [7, 11) is 0. The summed E-state index contributed by atoms with van der Waals surface area (Å²) in [6, 6.07) is 16.0. The Morgan fingerprint density at radius 2 is 1.07 bits per heavy atom. The van der Waals surface area contributed by atoms with Crippen LogP contribution in [0.15, 0.2) is 60.9 Å². The molecule has 4 nitrogen and oxygen atoms in total. The van der Waals surface area contributed by atoms with Crippen molar-refractivity contribution in [2.24, 2.45) is 0 Å². The summed E-state index contributed by atoms with van der Waals surface area (Å²) in [5.41, 5.74) is 3.05. The molecule has 3 aromatic rings. The summed E-state index contributed by atoms with van der Waals surface area (Å²) in [6.45, 7) is 5.83. The minimum Gasteiger partial charge on any atom is -0.494 e. The average molecular weight is 377 g/mol. The van der Waals surface area contributed by atoms with Gasteiger partial charge >= 0.3 is 0 Å². The van der Waals surface area contributed by atoms with Gasteiger partial charge in [-0.15, -0.1) is 0 Å². The Labute approximate surface area is 167 Å². The molecule has 0 radical (unpaired) electrons. The molecule has 0 aliphatic carbocycles. The van der Waals surface area contributed by atoms with E-state index in [1.165, 1.54) is 0 Å². The van der Waals surface area contributed by atoms with Crippen LogP contribution >= 0.6 is 0 Å². The van der Waals surface area contributed by atoms with Crippen LogP contribution < -0.4 is 9.47 Å². The molecule has 1 heterocycles. The highest BCUT2D eigenvalue weighted by Gasteiger charge is 2.04. The van der Waals surface area contributed by atoms with Gasteiger partial charge in [-0.1, -0.05) is 38.8 Å². The molecule has 0 aliphatic rings. The quantitative estimate of drug-likeness (QED) is 0.397. The summed E-state index contributed by atoms with van der Waals surface area (Å²) in [6.07, 6.45) is 8.13. The molecule has 0 unspecified atom stereocenters. The predicted molar refractivity (Wildman–Crippen MR) is 114 cm³/mol. The lowest BCUT2D eigenvalue weighted by Gasteiger charge is -2.08. The SMILES string of the molecule is CCCCOc1ccc(-c2cnc(-c3ccc(OCCCC)cc3)nc2)cc1. The van der Waals surface area contributed by atoms with Crippen molar-refractivity contribution < 1.29 is 9.47 Å². The zero-order valence-corrected chi connectivity index (χ0v) is 16.7. The van der Waals surface area contributed by atoms with E-state index in [2.05, 4.69) is 23.8 Å². The van der Waals surface area contributed by atoms with E-state index in [0.29, 0.717) is 5.82 Å². The highest BCUT2D eigenvalue weighted by molar-refractivity contribution is 5.64. The van der Waals surface area contributed by atoms with Gasteiger partial charge in [0.1, 0.15) is 11.5 Å². The average Bonchev–Trinajstić information content (AvgIpc) is 2.75. The molecule has 0 amide bonds. The van der Waals surface area contributed by atoms with Crippen LogP contribution in [0.3, 0.4) is 0 Å². The maximum absolute atomic E-state index is 5.71. The first-order valence-electron chi connectivity index (χ1n) is 10.1. The summed E-state index contributed by atoms with van der Waals surface area (Å²) >= 11 is 0. The zero-order chi connectivity index (χ0) is 19.6. The second-order valence-electron chi connectivity index (χ2n) is 6.75. The number of rotatable bonds is 10. The van der Waals surface area contributed by atoms with Crippen molar-refractivity contribution in [2.45, 2.75) is 39.5 Å². The molecule has 0 fully saturated rings. The van der Waals surface area contributed by atoms with Gasteiger partial charge in [0.15, 0.2) is 5.82 Å². The monoisotopic (exact) mass is 376 g/mol. The van der Waals surface area contributed by atoms with Crippen molar-refractivity contribution in [2.75, 3.05) is 13.2 Å². The summed E-state index contributed by atoms with van der Waals surface area (Å²) < 4.78 is 11.4. The van der Waals surface area contributed by atoms with Gasteiger partial charge in [-0.3, -0.25) is 0 Å². The fourth-order valence-electron chi connectivity index (χ4n) is 2.74. The summed E-state index contributed by atoms with van der Waals surface area (Å²) in [5, 5.41) is 0. The van der Waals surface area contributed by atoms with Crippen LogP contribution in [0.5, 0.6) is 11.5 Å². The number of unbranched alkanes of at least 4 members (excludes halogenated alkanes) is 2. The van der Waals surface area contributed by atoms with Crippen molar-refractivity contribution >= 4 is 0 Å². The molecule has 146 valence electrons. The van der Waals surface area contributed by atoms with Gasteiger partial charge in [0, 0.05) is 23.5 Å². The smallest absolute Gasteiger partial charge is 0.159 e. The Kier molecular flexibility index (Phi) is 7.42. The van der Waals surface area contributed by atoms with Gasteiger partial charge in [0.25, 0.3) is 0 Å². The van der Waals surface area contributed by atoms with E-state index in [4.69, 9.17) is 9.47 Å². The molecule has 0 spiro atoms. The molecule has 28 heavy (non-hydrogen) atoms. The summed E-state index contributed by atoms with van der Waals surface area (Å²) in [4.78, 5) is 9.06. The molecular formula is C24H28N2O2. The van der Waals surface area contributed by atoms with Gasteiger partial charge in [-0.25, -0.2) is 9.97 Å². The first kappa shape index (κ1) is 19.9. The van der Waals surface area contributed by atoms with E-state index in [1.54, 1.807) is 0 Å². The van der Waals surface area contributed by atoms with Gasteiger partial charge in [0.2, 0.25) is 0 Å². The van der Waals surface area contributed by atoms with Crippen LogP contribution in [0, 0.1) is 0 Å². The number of benzene rings is 2. The summed E-state index contributed by atoms with van der Waals surface area (Å²) in [5.74, 6) is 2.49. The Balaban J connectivity index is 1.63. The van der Waals surface area contributed by atoms with Crippen LogP contribution in [0.4, 0.5) is 0 Å². The normalized spacial score (nSPS) is 10.6. The Morgan fingerprint density at radius 1 is 0.607 bits per heavy atom. The van der Waals surface area contributed by atoms with E-state index in [0.717, 1.165) is 67.1 Å². The molecule has 0 atom stereocenters. The lowest BCUT2D eigenvalue weighted by atomic mass is 10.1. The van der Waals surface area contributed by atoms with Crippen molar-refractivity contribution in [3.8, 4) is 34.0 Å². The fourth-order valence-corrected chi connectivity index (χ4v) is 2.74. The van der Waals surface area contributed by atoms with Crippen LogP contribution in [-0.4, -0.2) is 23.2 Å². The van der Waals surface area contributed by atoms with Crippen LogP contribution in [0.25, 0.3) is 22.5 Å². The maximum Gasteiger partial charge on any atom is 0.159 e. The Hall–Kier alpha value is -2.88. The second kappa shape index (κ2) is 10.5.